The van der Waals surface area contributed by atoms with Crippen LogP contribution in [-0.4, -0.2) is 29.5 Å². The van der Waals surface area contributed by atoms with E-state index in [2.05, 4.69) is 24.8 Å². The van der Waals surface area contributed by atoms with E-state index in [-0.39, 0.29) is 11.9 Å². The molecule has 2 aromatic carbocycles. The summed E-state index contributed by atoms with van der Waals surface area (Å²) in [5.74, 6) is -0.356. The Morgan fingerprint density at radius 3 is 2.42 bits per heavy atom. The van der Waals surface area contributed by atoms with E-state index in [9.17, 15) is 14.4 Å². The number of benzene rings is 2. The van der Waals surface area contributed by atoms with Gasteiger partial charge in [0.25, 0.3) is 0 Å². The Bertz CT molecular complexity index is 1250. The van der Waals surface area contributed by atoms with Crippen LogP contribution in [0.4, 0.5) is 9.18 Å². The number of ether oxygens (including phenoxy) is 1. The molecule has 0 N–H and O–H groups in total. The Hall–Kier alpha value is -3.85. The summed E-state index contributed by atoms with van der Waals surface area (Å²) in [6.07, 6.45) is 6.46. The van der Waals surface area contributed by atoms with Crippen molar-refractivity contribution in [2.45, 2.75) is 45.3 Å². The third-order valence-corrected chi connectivity index (χ3v) is 7.11. The molecule has 0 aliphatic carbocycles. The highest BCUT2D eigenvalue weighted by Gasteiger charge is 2.46. The van der Waals surface area contributed by atoms with Crippen molar-refractivity contribution in [3.05, 3.63) is 102 Å². The number of hydrogen-bond acceptors (Lipinski definition) is 4. The number of nitriles is 1. The number of allylic oxidation sites excluding steroid dienone is 3. The van der Waals surface area contributed by atoms with Crippen molar-refractivity contribution in [1.29, 1.82) is 5.26 Å². The summed E-state index contributed by atoms with van der Waals surface area (Å²) in [4.78, 5) is 17.0. The topological polar surface area (TPSA) is 56.6 Å². The molecule has 0 bridgehead atoms. The molecule has 2 atom stereocenters. The maximum atomic E-state index is 13.6. The van der Waals surface area contributed by atoms with Crippen LogP contribution in [-0.2, 0) is 10.3 Å². The third-order valence-electron chi connectivity index (χ3n) is 7.11. The van der Waals surface area contributed by atoms with Crippen LogP contribution >= 0.6 is 0 Å². The van der Waals surface area contributed by atoms with Gasteiger partial charge in [-0.2, -0.15) is 5.26 Å². The summed E-state index contributed by atoms with van der Waals surface area (Å²) in [7, 11) is 1.97. The van der Waals surface area contributed by atoms with Gasteiger partial charge in [-0.05, 0) is 61.2 Å². The predicted octanol–water partition coefficient (Wildman–Crippen LogP) is 6.92. The summed E-state index contributed by atoms with van der Waals surface area (Å²) < 4.78 is 19.7. The van der Waals surface area contributed by atoms with Gasteiger partial charge in [-0.1, -0.05) is 49.1 Å². The van der Waals surface area contributed by atoms with Crippen LogP contribution in [0.25, 0.3) is 5.57 Å². The predicted molar refractivity (Wildman–Crippen MR) is 139 cm³/mol. The van der Waals surface area contributed by atoms with E-state index in [0.29, 0.717) is 24.9 Å². The van der Waals surface area contributed by atoms with Gasteiger partial charge < -0.3 is 14.5 Å². The van der Waals surface area contributed by atoms with Gasteiger partial charge in [0.15, 0.2) is 0 Å². The number of nitrogens with zero attached hydrogens (tertiary/aromatic N) is 3. The van der Waals surface area contributed by atoms with Gasteiger partial charge in [0.05, 0.1) is 17.5 Å². The molecule has 1 amide bonds. The van der Waals surface area contributed by atoms with Crippen LogP contribution in [0.1, 0.15) is 56.3 Å². The molecule has 36 heavy (non-hydrogen) atoms. The van der Waals surface area contributed by atoms with Crippen LogP contribution in [0.15, 0.2) is 79.2 Å². The quantitative estimate of drug-likeness (QED) is 0.446. The molecule has 2 aliphatic heterocycles. The zero-order valence-electron chi connectivity index (χ0n) is 21.3. The van der Waals surface area contributed by atoms with Crippen LogP contribution in [0.3, 0.4) is 0 Å². The Morgan fingerprint density at radius 1 is 1.17 bits per heavy atom. The minimum Gasteiger partial charge on any atom is -0.438 e. The van der Waals surface area contributed by atoms with Crippen molar-refractivity contribution in [2.24, 2.45) is 5.41 Å². The second-order valence-corrected chi connectivity index (χ2v) is 10.3. The minimum atomic E-state index is -0.986. The average Bonchev–Trinajstić information content (AvgIpc) is 2.85. The molecular weight excluding hydrogens is 453 g/mol. The van der Waals surface area contributed by atoms with Crippen molar-refractivity contribution >= 4 is 11.7 Å². The van der Waals surface area contributed by atoms with Crippen LogP contribution in [0.5, 0.6) is 0 Å². The molecule has 2 aliphatic rings. The van der Waals surface area contributed by atoms with Crippen LogP contribution in [0, 0.1) is 22.6 Å². The molecule has 0 unspecified atom stereocenters. The smallest absolute Gasteiger partial charge is 0.411 e. The van der Waals surface area contributed by atoms with Crippen molar-refractivity contribution < 1.29 is 13.9 Å². The van der Waals surface area contributed by atoms with Crippen molar-refractivity contribution in [1.82, 2.24) is 9.80 Å². The largest absolute Gasteiger partial charge is 0.438 e. The van der Waals surface area contributed by atoms with E-state index in [0.717, 1.165) is 22.4 Å². The molecule has 0 saturated carbocycles. The standard InChI is InChI=1S/C30H32FN3O2/c1-21-6-7-25(18-33(21)5)24-10-8-23(9-11-24)22(2)34-17-16-30(36-28(34)35,19-29(3,4)20-32)26-12-14-27(31)15-13-26/h6-15,18,22H,1,16-17,19H2,2-5H3/t22-,30-/m0/s1. The molecule has 6 heteroatoms. The first-order valence-electron chi connectivity index (χ1n) is 12.1. The fourth-order valence-electron chi connectivity index (χ4n) is 4.90. The molecule has 0 spiro atoms. The van der Waals surface area contributed by atoms with Gasteiger partial charge in [-0.25, -0.2) is 9.18 Å². The lowest BCUT2D eigenvalue weighted by atomic mass is 9.75. The first-order valence-corrected chi connectivity index (χ1v) is 12.1. The number of carbonyl (C=O) groups is 1. The summed E-state index contributed by atoms with van der Waals surface area (Å²) in [5, 5.41) is 9.65. The second kappa shape index (κ2) is 9.66. The summed E-state index contributed by atoms with van der Waals surface area (Å²) in [5.41, 5.74) is 3.10. The maximum absolute atomic E-state index is 13.6. The molecule has 0 aromatic heterocycles. The lowest BCUT2D eigenvalue weighted by Crippen LogP contribution is -2.50. The van der Waals surface area contributed by atoms with Crippen LogP contribution in [0.2, 0.25) is 0 Å². The zero-order chi connectivity index (χ0) is 26.1. The summed E-state index contributed by atoms with van der Waals surface area (Å²) in [6, 6.07) is 16.3. The number of halogens is 1. The Kier molecular flexibility index (Phi) is 6.77. The van der Waals surface area contributed by atoms with Crippen molar-refractivity contribution in [2.75, 3.05) is 13.6 Å². The minimum absolute atomic E-state index is 0.194. The fourth-order valence-corrected chi connectivity index (χ4v) is 4.90. The number of rotatable bonds is 6. The SMILES string of the molecule is C=C1C=CC(c2ccc([C@H](C)N3CC[C@](CC(C)(C)C#N)(c4ccc(F)cc4)OC3=O)cc2)=CN1C. The van der Waals surface area contributed by atoms with Gasteiger partial charge >= 0.3 is 6.09 Å². The fraction of sp³-hybridized carbons (Fsp3) is 0.333. The number of amides is 1. The Morgan fingerprint density at radius 2 is 1.83 bits per heavy atom. The highest BCUT2D eigenvalue weighted by molar-refractivity contribution is 5.76. The van der Waals surface area contributed by atoms with Gasteiger partial charge in [0.2, 0.25) is 0 Å². The lowest BCUT2D eigenvalue weighted by molar-refractivity contribution is -0.0770. The van der Waals surface area contributed by atoms with Gasteiger partial charge in [0, 0.05) is 38.3 Å². The highest BCUT2D eigenvalue weighted by atomic mass is 19.1. The molecule has 4 rings (SSSR count). The normalized spacial score (nSPS) is 21.1. The van der Waals surface area contributed by atoms with Crippen LogP contribution < -0.4 is 0 Å². The summed E-state index contributed by atoms with van der Waals surface area (Å²) in [6.45, 7) is 10.1. The number of hydrogen-bond donors (Lipinski definition) is 0. The lowest BCUT2D eigenvalue weighted by Gasteiger charge is -2.45. The Labute approximate surface area is 212 Å². The first-order chi connectivity index (χ1) is 17.0. The number of carbonyl (C=O) groups excluding carboxylic acids is 1. The highest BCUT2D eigenvalue weighted by Crippen LogP contribution is 2.44. The van der Waals surface area contributed by atoms with E-state index in [1.165, 1.54) is 12.1 Å². The van der Waals surface area contributed by atoms with E-state index < -0.39 is 17.1 Å². The van der Waals surface area contributed by atoms with E-state index in [1.807, 2.05) is 63.2 Å². The molecule has 1 saturated heterocycles. The third kappa shape index (κ3) is 5.06. The molecule has 1 fully saturated rings. The van der Waals surface area contributed by atoms with Crippen molar-refractivity contribution in [3.63, 3.8) is 0 Å². The second-order valence-electron chi connectivity index (χ2n) is 10.3. The number of cyclic esters (lactones) is 1. The molecular formula is C30H32FN3O2. The maximum Gasteiger partial charge on any atom is 0.411 e. The van der Waals surface area contributed by atoms with Gasteiger partial charge in [-0.3, -0.25) is 0 Å². The van der Waals surface area contributed by atoms with E-state index >= 15 is 0 Å². The molecule has 2 heterocycles. The number of likely N-dealkylation sites (N-methyl/N-ethyl adjacent to an activating group) is 1. The molecule has 0 radical (unpaired) electrons. The zero-order valence-corrected chi connectivity index (χ0v) is 21.3. The van der Waals surface area contributed by atoms with Gasteiger partial charge in [0.1, 0.15) is 11.4 Å². The molecule has 186 valence electrons. The average molecular weight is 486 g/mol. The van der Waals surface area contributed by atoms with Crippen molar-refractivity contribution in [3.8, 4) is 6.07 Å². The van der Waals surface area contributed by atoms with E-state index in [4.69, 9.17) is 4.74 Å². The molecule has 5 nitrogen and oxygen atoms in total. The summed E-state index contributed by atoms with van der Waals surface area (Å²) >= 11 is 0. The first kappa shape index (κ1) is 25.2. The monoisotopic (exact) mass is 485 g/mol. The van der Waals surface area contributed by atoms with Gasteiger partial charge in [-0.15, -0.1) is 0 Å². The molecule has 2 aromatic rings. The Balaban J connectivity index is 1.54. The van der Waals surface area contributed by atoms with E-state index in [1.54, 1.807) is 17.0 Å².